The van der Waals surface area contributed by atoms with Crippen LogP contribution in [-0.2, 0) is 0 Å². The van der Waals surface area contributed by atoms with Crippen LogP contribution < -0.4 is 5.32 Å². The van der Waals surface area contributed by atoms with Gasteiger partial charge in [0.15, 0.2) is 0 Å². The molecule has 0 fully saturated rings. The van der Waals surface area contributed by atoms with Crippen molar-refractivity contribution in [2.24, 2.45) is 0 Å². The van der Waals surface area contributed by atoms with Gasteiger partial charge in [-0.15, -0.1) is 0 Å². The van der Waals surface area contributed by atoms with Gasteiger partial charge in [0.05, 0.1) is 4.92 Å². The number of anilines is 2. The number of rotatable bonds is 4. The standard InChI is InChI=1S/C13H11N3O4/c1-8-4-5-9(7-11(8)16(19)20)15-12-10(13(17)18)3-2-6-14-12/h2-7H,1H3,(H,14,15)(H,17,18). The lowest BCUT2D eigenvalue weighted by Gasteiger charge is -2.08. The van der Waals surface area contributed by atoms with Crippen molar-refractivity contribution < 1.29 is 14.8 Å². The number of nitro groups is 1. The average Bonchev–Trinajstić information content (AvgIpc) is 2.41. The number of hydrogen-bond acceptors (Lipinski definition) is 5. The van der Waals surface area contributed by atoms with Gasteiger partial charge in [0.1, 0.15) is 11.4 Å². The first-order valence-electron chi connectivity index (χ1n) is 5.69. The Morgan fingerprint density at radius 3 is 2.80 bits per heavy atom. The largest absolute Gasteiger partial charge is 0.478 e. The molecule has 1 aromatic heterocycles. The van der Waals surface area contributed by atoms with Crippen molar-refractivity contribution in [1.82, 2.24) is 4.98 Å². The maximum Gasteiger partial charge on any atom is 0.339 e. The Balaban J connectivity index is 2.38. The van der Waals surface area contributed by atoms with E-state index in [1.807, 2.05) is 0 Å². The third kappa shape index (κ3) is 2.72. The van der Waals surface area contributed by atoms with Crippen LogP contribution in [0.15, 0.2) is 36.5 Å². The fraction of sp³-hybridized carbons (Fsp3) is 0.0769. The molecule has 20 heavy (non-hydrogen) atoms. The molecular weight excluding hydrogens is 262 g/mol. The number of carboxylic acids is 1. The average molecular weight is 273 g/mol. The second-order valence-electron chi connectivity index (χ2n) is 4.09. The molecule has 7 heteroatoms. The van der Waals surface area contributed by atoms with Crippen molar-refractivity contribution in [3.8, 4) is 0 Å². The van der Waals surface area contributed by atoms with E-state index in [9.17, 15) is 14.9 Å². The van der Waals surface area contributed by atoms with E-state index in [0.717, 1.165) is 0 Å². The van der Waals surface area contributed by atoms with E-state index < -0.39 is 10.9 Å². The molecule has 0 radical (unpaired) electrons. The summed E-state index contributed by atoms with van der Waals surface area (Å²) < 4.78 is 0. The zero-order valence-corrected chi connectivity index (χ0v) is 10.5. The summed E-state index contributed by atoms with van der Waals surface area (Å²) in [5.74, 6) is -0.986. The van der Waals surface area contributed by atoms with Crippen molar-refractivity contribution in [2.75, 3.05) is 5.32 Å². The third-order valence-corrected chi connectivity index (χ3v) is 2.71. The van der Waals surface area contributed by atoms with Crippen LogP contribution in [0.3, 0.4) is 0 Å². The molecule has 0 unspecified atom stereocenters. The Hall–Kier alpha value is -2.96. The first-order chi connectivity index (χ1) is 9.49. The number of aromatic nitrogens is 1. The Bertz CT molecular complexity index is 685. The van der Waals surface area contributed by atoms with Crippen LogP contribution in [0, 0.1) is 17.0 Å². The first kappa shape index (κ1) is 13.5. The number of carboxylic acid groups (broad SMARTS) is 1. The van der Waals surface area contributed by atoms with Crippen LogP contribution >= 0.6 is 0 Å². The van der Waals surface area contributed by atoms with Gasteiger partial charge >= 0.3 is 5.97 Å². The molecule has 0 spiro atoms. The van der Waals surface area contributed by atoms with Crippen LogP contribution in [-0.4, -0.2) is 21.0 Å². The van der Waals surface area contributed by atoms with Crippen LogP contribution in [0.5, 0.6) is 0 Å². The summed E-state index contributed by atoms with van der Waals surface area (Å²) in [5.41, 5.74) is 0.891. The number of pyridine rings is 1. The summed E-state index contributed by atoms with van der Waals surface area (Å²) in [6, 6.07) is 7.47. The molecule has 102 valence electrons. The number of carbonyl (C=O) groups is 1. The number of nitrogens with one attached hydrogen (secondary N) is 1. The van der Waals surface area contributed by atoms with Gasteiger partial charge in [0.25, 0.3) is 5.69 Å². The first-order valence-corrected chi connectivity index (χ1v) is 5.69. The number of aryl methyl sites for hydroxylation is 1. The molecule has 2 rings (SSSR count). The summed E-state index contributed by atoms with van der Waals surface area (Å²) in [5, 5.41) is 22.7. The summed E-state index contributed by atoms with van der Waals surface area (Å²) in [6.45, 7) is 1.63. The van der Waals surface area contributed by atoms with Crippen LogP contribution in [0.4, 0.5) is 17.2 Å². The minimum absolute atomic E-state index is 0.00396. The van der Waals surface area contributed by atoms with Gasteiger partial charge in [-0.05, 0) is 25.1 Å². The van der Waals surface area contributed by atoms with E-state index >= 15 is 0 Å². The summed E-state index contributed by atoms with van der Waals surface area (Å²) in [4.78, 5) is 25.4. The fourth-order valence-electron chi connectivity index (χ4n) is 1.70. The van der Waals surface area contributed by atoms with E-state index in [-0.39, 0.29) is 17.1 Å². The predicted octanol–water partition coefficient (Wildman–Crippen LogP) is 2.74. The quantitative estimate of drug-likeness (QED) is 0.655. The SMILES string of the molecule is Cc1ccc(Nc2ncccc2C(=O)O)cc1[N+](=O)[O-]. The Morgan fingerprint density at radius 1 is 1.40 bits per heavy atom. The number of hydrogen-bond donors (Lipinski definition) is 2. The molecule has 0 aliphatic heterocycles. The molecule has 1 heterocycles. The van der Waals surface area contributed by atoms with E-state index in [2.05, 4.69) is 10.3 Å². The normalized spacial score (nSPS) is 10.1. The van der Waals surface area contributed by atoms with Crippen LogP contribution in [0.1, 0.15) is 15.9 Å². The van der Waals surface area contributed by atoms with E-state index in [1.54, 1.807) is 19.1 Å². The van der Waals surface area contributed by atoms with Gasteiger partial charge in [-0.3, -0.25) is 10.1 Å². The highest BCUT2D eigenvalue weighted by atomic mass is 16.6. The second-order valence-corrected chi connectivity index (χ2v) is 4.09. The molecule has 0 atom stereocenters. The number of nitro benzene ring substituents is 1. The molecular formula is C13H11N3O4. The number of benzene rings is 1. The third-order valence-electron chi connectivity index (χ3n) is 2.71. The molecule has 0 saturated carbocycles. The highest BCUT2D eigenvalue weighted by molar-refractivity contribution is 5.93. The lowest BCUT2D eigenvalue weighted by Crippen LogP contribution is -2.04. The van der Waals surface area contributed by atoms with Crippen molar-refractivity contribution in [2.45, 2.75) is 6.92 Å². The number of nitrogens with zero attached hydrogens (tertiary/aromatic N) is 2. The van der Waals surface area contributed by atoms with E-state index in [4.69, 9.17) is 5.11 Å². The summed E-state index contributed by atoms with van der Waals surface area (Å²) in [7, 11) is 0. The lowest BCUT2D eigenvalue weighted by atomic mass is 10.2. The van der Waals surface area contributed by atoms with Crippen molar-refractivity contribution in [3.05, 3.63) is 57.8 Å². The van der Waals surface area contributed by atoms with E-state index in [1.165, 1.54) is 24.4 Å². The van der Waals surface area contributed by atoms with Crippen LogP contribution in [0.25, 0.3) is 0 Å². The lowest BCUT2D eigenvalue weighted by molar-refractivity contribution is -0.385. The molecule has 2 aromatic rings. The molecule has 0 saturated heterocycles. The van der Waals surface area contributed by atoms with E-state index in [0.29, 0.717) is 11.3 Å². The van der Waals surface area contributed by atoms with Gasteiger partial charge in [0.2, 0.25) is 0 Å². The minimum Gasteiger partial charge on any atom is -0.478 e. The number of aromatic carboxylic acids is 1. The zero-order chi connectivity index (χ0) is 14.7. The highest BCUT2D eigenvalue weighted by Gasteiger charge is 2.14. The van der Waals surface area contributed by atoms with Gasteiger partial charge in [-0.1, -0.05) is 6.07 Å². The van der Waals surface area contributed by atoms with Crippen molar-refractivity contribution in [1.29, 1.82) is 0 Å². The molecule has 0 amide bonds. The van der Waals surface area contributed by atoms with Crippen molar-refractivity contribution in [3.63, 3.8) is 0 Å². The molecule has 0 bridgehead atoms. The molecule has 1 aromatic carbocycles. The monoisotopic (exact) mass is 273 g/mol. The summed E-state index contributed by atoms with van der Waals surface area (Å²) in [6.07, 6.45) is 1.44. The molecule has 0 aliphatic carbocycles. The van der Waals surface area contributed by atoms with Crippen molar-refractivity contribution >= 4 is 23.2 Å². The van der Waals surface area contributed by atoms with Crippen LogP contribution in [0.2, 0.25) is 0 Å². The maximum atomic E-state index is 11.1. The van der Waals surface area contributed by atoms with Gasteiger partial charge in [-0.25, -0.2) is 9.78 Å². The maximum absolute atomic E-state index is 11.1. The molecule has 2 N–H and O–H groups in total. The van der Waals surface area contributed by atoms with Gasteiger partial charge in [-0.2, -0.15) is 0 Å². The predicted molar refractivity (Wildman–Crippen MR) is 72.3 cm³/mol. The Labute approximate surface area is 114 Å². The Morgan fingerprint density at radius 2 is 2.15 bits per heavy atom. The second kappa shape index (κ2) is 5.35. The zero-order valence-electron chi connectivity index (χ0n) is 10.5. The highest BCUT2D eigenvalue weighted by Crippen LogP contribution is 2.25. The van der Waals surface area contributed by atoms with Gasteiger partial charge < -0.3 is 10.4 Å². The smallest absolute Gasteiger partial charge is 0.339 e. The van der Waals surface area contributed by atoms with Gasteiger partial charge in [0, 0.05) is 23.5 Å². The topological polar surface area (TPSA) is 105 Å². The Kier molecular flexibility index (Phi) is 3.60. The fourth-order valence-corrected chi connectivity index (χ4v) is 1.70. The molecule has 7 nitrogen and oxygen atoms in total. The minimum atomic E-state index is -1.12. The molecule has 0 aliphatic rings. The summed E-state index contributed by atoms with van der Waals surface area (Å²) >= 11 is 0.